The molecule has 1 aromatic heterocycles. The van der Waals surface area contributed by atoms with Crippen molar-refractivity contribution in [3.05, 3.63) is 33.6 Å². The van der Waals surface area contributed by atoms with Gasteiger partial charge in [-0.15, -0.1) is 0 Å². The molecule has 4 nitrogen and oxygen atoms in total. The van der Waals surface area contributed by atoms with Crippen molar-refractivity contribution in [3.63, 3.8) is 0 Å². The van der Waals surface area contributed by atoms with Crippen molar-refractivity contribution in [2.24, 2.45) is 5.41 Å². The summed E-state index contributed by atoms with van der Waals surface area (Å²) in [7, 11) is 0. The predicted molar refractivity (Wildman–Crippen MR) is 103 cm³/mol. The second-order valence-corrected chi connectivity index (χ2v) is 9.24. The Balaban J connectivity index is 1.75. The number of benzene rings is 1. The normalized spacial score (nSPS) is 28.8. The van der Waals surface area contributed by atoms with Gasteiger partial charge in [0.05, 0.1) is 37.9 Å². The van der Waals surface area contributed by atoms with Gasteiger partial charge < -0.3 is 4.90 Å². The molecule has 1 saturated heterocycles. The van der Waals surface area contributed by atoms with Gasteiger partial charge in [0.1, 0.15) is 0 Å². The van der Waals surface area contributed by atoms with Gasteiger partial charge in [-0.1, -0.05) is 37.0 Å². The highest BCUT2D eigenvalue weighted by Gasteiger charge is 2.68. The van der Waals surface area contributed by atoms with E-state index in [4.69, 9.17) is 33.2 Å². The minimum Gasteiger partial charge on any atom is -0.342 e. The first-order chi connectivity index (χ1) is 12.4. The van der Waals surface area contributed by atoms with E-state index in [1.165, 1.54) is 0 Å². The Labute approximate surface area is 162 Å². The first kappa shape index (κ1) is 16.8. The fourth-order valence-electron chi connectivity index (χ4n) is 5.54. The number of halogens is 2. The van der Waals surface area contributed by atoms with Gasteiger partial charge in [-0.2, -0.15) is 0 Å². The van der Waals surface area contributed by atoms with Crippen LogP contribution in [0.1, 0.15) is 56.8 Å². The van der Waals surface area contributed by atoms with Crippen LogP contribution in [0.4, 0.5) is 0 Å². The molecule has 0 radical (unpaired) electrons. The lowest BCUT2D eigenvalue weighted by molar-refractivity contribution is -0.139. The number of aromatic nitrogens is 2. The summed E-state index contributed by atoms with van der Waals surface area (Å²) in [5.41, 5.74) is 2.59. The van der Waals surface area contributed by atoms with Crippen molar-refractivity contribution >= 4 is 40.1 Å². The lowest BCUT2D eigenvalue weighted by atomic mass is 9.67. The van der Waals surface area contributed by atoms with Crippen LogP contribution in [0.2, 0.25) is 10.0 Å². The highest BCUT2D eigenvalue weighted by atomic mass is 35.5. The summed E-state index contributed by atoms with van der Waals surface area (Å²) in [5, 5.41) is 0.953. The molecule has 1 aliphatic heterocycles. The number of carbonyl (C=O) groups is 1. The van der Waals surface area contributed by atoms with Crippen LogP contribution in [0.25, 0.3) is 11.0 Å². The molecule has 1 amide bonds. The summed E-state index contributed by atoms with van der Waals surface area (Å²) < 4.78 is 0. The van der Waals surface area contributed by atoms with E-state index in [0.29, 0.717) is 10.0 Å². The highest BCUT2D eigenvalue weighted by Crippen LogP contribution is 2.67. The van der Waals surface area contributed by atoms with Gasteiger partial charge in [-0.3, -0.25) is 4.79 Å². The second kappa shape index (κ2) is 5.32. The van der Waals surface area contributed by atoms with E-state index in [1.54, 1.807) is 12.1 Å². The maximum atomic E-state index is 13.7. The molecule has 2 aromatic rings. The van der Waals surface area contributed by atoms with Gasteiger partial charge in [-0.25, -0.2) is 9.97 Å². The third-order valence-electron chi connectivity index (χ3n) is 7.01. The molecule has 3 aliphatic rings. The Morgan fingerprint density at radius 1 is 1.12 bits per heavy atom. The number of hydrogen-bond donors (Lipinski definition) is 0. The second-order valence-electron chi connectivity index (χ2n) is 8.43. The quantitative estimate of drug-likeness (QED) is 0.708. The molecule has 2 heterocycles. The average molecular weight is 390 g/mol. The topological polar surface area (TPSA) is 46.1 Å². The fourth-order valence-corrected chi connectivity index (χ4v) is 5.86. The standard InChI is InChI=1S/C20H21Cl2N3O/c1-19(2)11-5-6-20(19,18(26)25-7-3-4-8-25)17-16(11)23-14-9-12(21)13(22)10-15(14)24-17/h9-11H,3-8H2,1-2H3. The molecule has 6 heteroatoms. The number of rotatable bonds is 1. The molecule has 0 N–H and O–H groups in total. The van der Waals surface area contributed by atoms with Gasteiger partial charge in [0.2, 0.25) is 5.91 Å². The molecule has 1 saturated carbocycles. The van der Waals surface area contributed by atoms with Gasteiger partial charge in [0.25, 0.3) is 0 Å². The molecular weight excluding hydrogens is 369 g/mol. The van der Waals surface area contributed by atoms with E-state index in [0.717, 1.165) is 61.2 Å². The van der Waals surface area contributed by atoms with Crippen LogP contribution < -0.4 is 0 Å². The van der Waals surface area contributed by atoms with Crippen molar-refractivity contribution in [1.82, 2.24) is 14.9 Å². The van der Waals surface area contributed by atoms with E-state index >= 15 is 0 Å². The maximum Gasteiger partial charge on any atom is 0.235 e. The zero-order valence-corrected chi connectivity index (χ0v) is 16.5. The fraction of sp³-hybridized carbons (Fsp3) is 0.550. The molecule has 2 aliphatic carbocycles. The zero-order valence-electron chi connectivity index (χ0n) is 15.0. The van der Waals surface area contributed by atoms with Crippen LogP contribution in [0.15, 0.2) is 12.1 Å². The largest absolute Gasteiger partial charge is 0.342 e. The lowest BCUT2D eigenvalue weighted by Gasteiger charge is -2.39. The Bertz CT molecular complexity index is 952. The van der Waals surface area contributed by atoms with E-state index in [-0.39, 0.29) is 17.2 Å². The Morgan fingerprint density at radius 2 is 1.73 bits per heavy atom. The van der Waals surface area contributed by atoms with Crippen molar-refractivity contribution in [1.29, 1.82) is 0 Å². The number of likely N-dealkylation sites (tertiary alicyclic amines) is 1. The summed E-state index contributed by atoms with van der Waals surface area (Å²) in [4.78, 5) is 25.6. The van der Waals surface area contributed by atoms with Gasteiger partial charge in [-0.05, 0) is 43.2 Å². The minimum atomic E-state index is -0.565. The smallest absolute Gasteiger partial charge is 0.235 e. The maximum absolute atomic E-state index is 13.7. The predicted octanol–water partition coefficient (Wildman–Crippen LogP) is 4.71. The van der Waals surface area contributed by atoms with Gasteiger partial charge in [0, 0.05) is 19.0 Å². The molecule has 2 fully saturated rings. The Kier molecular flexibility index (Phi) is 3.43. The highest BCUT2D eigenvalue weighted by molar-refractivity contribution is 6.42. The molecule has 136 valence electrons. The van der Waals surface area contributed by atoms with Crippen LogP contribution in [0.3, 0.4) is 0 Å². The summed E-state index contributed by atoms with van der Waals surface area (Å²) >= 11 is 12.4. The summed E-state index contributed by atoms with van der Waals surface area (Å²) in [6.07, 6.45) is 4.03. The Morgan fingerprint density at radius 3 is 2.38 bits per heavy atom. The van der Waals surface area contributed by atoms with Gasteiger partial charge >= 0.3 is 0 Å². The van der Waals surface area contributed by atoms with Crippen molar-refractivity contribution in [3.8, 4) is 0 Å². The van der Waals surface area contributed by atoms with E-state index < -0.39 is 5.41 Å². The molecule has 2 unspecified atom stereocenters. The number of amides is 1. The lowest BCUT2D eigenvalue weighted by Crippen LogP contribution is -2.50. The first-order valence-corrected chi connectivity index (χ1v) is 10.1. The van der Waals surface area contributed by atoms with Crippen LogP contribution in [-0.2, 0) is 10.2 Å². The average Bonchev–Trinajstić information content (AvgIpc) is 3.26. The van der Waals surface area contributed by atoms with Crippen molar-refractivity contribution in [2.45, 2.75) is 50.9 Å². The number of nitrogens with zero attached hydrogens (tertiary/aromatic N) is 3. The minimum absolute atomic E-state index is 0.181. The van der Waals surface area contributed by atoms with E-state index in [2.05, 4.69) is 13.8 Å². The number of carbonyl (C=O) groups excluding carboxylic acids is 1. The number of fused-ring (bicyclic) bond motifs is 6. The molecule has 0 spiro atoms. The monoisotopic (exact) mass is 389 g/mol. The molecule has 1 aromatic carbocycles. The molecule has 5 rings (SSSR count). The Hall–Kier alpha value is -1.39. The number of hydrogen-bond acceptors (Lipinski definition) is 3. The van der Waals surface area contributed by atoms with E-state index in [1.807, 2.05) is 4.90 Å². The van der Waals surface area contributed by atoms with Crippen LogP contribution in [0.5, 0.6) is 0 Å². The van der Waals surface area contributed by atoms with Crippen LogP contribution in [-0.4, -0.2) is 33.9 Å². The molecule has 26 heavy (non-hydrogen) atoms. The summed E-state index contributed by atoms with van der Waals surface area (Å²) in [6.45, 7) is 6.15. The van der Waals surface area contributed by atoms with Gasteiger partial charge in [0.15, 0.2) is 0 Å². The zero-order chi connectivity index (χ0) is 18.3. The third-order valence-corrected chi connectivity index (χ3v) is 7.73. The third kappa shape index (κ3) is 1.90. The van der Waals surface area contributed by atoms with Crippen LogP contribution >= 0.6 is 23.2 Å². The molecule has 2 atom stereocenters. The summed E-state index contributed by atoms with van der Waals surface area (Å²) in [6, 6.07) is 3.54. The van der Waals surface area contributed by atoms with Crippen LogP contribution in [0, 0.1) is 5.41 Å². The molecule has 2 bridgehead atoms. The first-order valence-electron chi connectivity index (χ1n) is 9.33. The molecular formula is C20H21Cl2N3O. The van der Waals surface area contributed by atoms with Crippen molar-refractivity contribution in [2.75, 3.05) is 13.1 Å². The SMILES string of the molecule is CC1(C)C2CCC1(C(=O)N1CCCC1)c1nc3cc(Cl)c(Cl)cc3nc12. The van der Waals surface area contributed by atoms with Crippen molar-refractivity contribution < 1.29 is 4.79 Å². The van der Waals surface area contributed by atoms with E-state index in [9.17, 15) is 4.79 Å². The summed E-state index contributed by atoms with van der Waals surface area (Å²) in [5.74, 6) is 0.505.